The van der Waals surface area contributed by atoms with Crippen LogP contribution in [0.2, 0.25) is 0 Å². The Bertz CT molecular complexity index is 315. The number of rotatable bonds is 1. The summed E-state index contributed by atoms with van der Waals surface area (Å²) >= 11 is 4.24. The Hall–Kier alpha value is 0.170. The van der Waals surface area contributed by atoms with Crippen LogP contribution < -0.4 is 0 Å². The van der Waals surface area contributed by atoms with E-state index in [2.05, 4.69) is 67.8 Å². The highest BCUT2D eigenvalue weighted by molar-refractivity contribution is 14.1. The second kappa shape index (κ2) is 4.13. The van der Waals surface area contributed by atoms with Crippen LogP contribution in [-0.4, -0.2) is 0 Å². The standard InChI is InChI=1S/C11H15IS/c1-8-5-10(13-7-8)9(12)6-11(2,3)4/h5-7H,1-4H3/b9-6-. The summed E-state index contributed by atoms with van der Waals surface area (Å²) in [6.45, 7) is 8.82. The molecular formula is C11H15IS. The Morgan fingerprint density at radius 2 is 2.08 bits per heavy atom. The molecule has 1 heterocycles. The lowest BCUT2D eigenvalue weighted by molar-refractivity contribution is 0.547. The van der Waals surface area contributed by atoms with Gasteiger partial charge in [-0.15, -0.1) is 11.3 Å². The number of aryl methyl sites for hydroxylation is 1. The number of halogens is 1. The molecule has 0 spiro atoms. The van der Waals surface area contributed by atoms with Crippen LogP contribution in [0.4, 0.5) is 0 Å². The van der Waals surface area contributed by atoms with Gasteiger partial charge in [0.05, 0.1) is 0 Å². The van der Waals surface area contributed by atoms with Crippen LogP contribution in [0, 0.1) is 12.3 Å². The lowest BCUT2D eigenvalue weighted by Gasteiger charge is -2.12. The van der Waals surface area contributed by atoms with Gasteiger partial charge in [0, 0.05) is 8.46 Å². The summed E-state index contributed by atoms with van der Waals surface area (Å²) in [5, 5.41) is 2.20. The third-order valence-corrected chi connectivity index (χ3v) is 3.87. The smallest absolute Gasteiger partial charge is 0.0403 e. The van der Waals surface area contributed by atoms with E-state index < -0.39 is 0 Å². The van der Waals surface area contributed by atoms with Crippen LogP contribution in [0.5, 0.6) is 0 Å². The van der Waals surface area contributed by atoms with Crippen LogP contribution in [0.15, 0.2) is 17.5 Å². The molecule has 0 aliphatic rings. The molecule has 0 fully saturated rings. The molecule has 0 amide bonds. The molecule has 1 aromatic heterocycles. The largest absolute Gasteiger partial charge is 0.143 e. The van der Waals surface area contributed by atoms with Crippen molar-refractivity contribution in [3.63, 3.8) is 0 Å². The van der Waals surface area contributed by atoms with Gasteiger partial charge in [-0.3, -0.25) is 0 Å². The first-order valence-corrected chi connectivity index (χ1v) is 6.28. The molecule has 0 N–H and O–H groups in total. The molecule has 72 valence electrons. The molecule has 0 saturated carbocycles. The monoisotopic (exact) mass is 306 g/mol. The van der Waals surface area contributed by atoms with Gasteiger partial charge in [0.2, 0.25) is 0 Å². The van der Waals surface area contributed by atoms with Crippen LogP contribution in [0.3, 0.4) is 0 Å². The molecule has 0 nitrogen and oxygen atoms in total. The Labute approximate surface area is 98.2 Å². The predicted molar refractivity (Wildman–Crippen MR) is 70.5 cm³/mol. The summed E-state index contributed by atoms with van der Waals surface area (Å²) in [4.78, 5) is 1.38. The molecular weight excluding hydrogens is 291 g/mol. The van der Waals surface area contributed by atoms with Crippen molar-refractivity contribution in [3.8, 4) is 0 Å². The molecule has 0 aliphatic heterocycles. The molecule has 0 atom stereocenters. The van der Waals surface area contributed by atoms with E-state index in [0.717, 1.165) is 0 Å². The zero-order chi connectivity index (χ0) is 10.1. The van der Waals surface area contributed by atoms with Gasteiger partial charge in [0.15, 0.2) is 0 Å². The number of thiophene rings is 1. The highest BCUT2D eigenvalue weighted by atomic mass is 127. The maximum absolute atomic E-state index is 2.42. The van der Waals surface area contributed by atoms with Gasteiger partial charge in [-0.25, -0.2) is 0 Å². The molecule has 0 radical (unpaired) electrons. The summed E-state index contributed by atoms with van der Waals surface area (Å²) in [5.74, 6) is 0. The average molecular weight is 306 g/mol. The summed E-state index contributed by atoms with van der Waals surface area (Å²) in [7, 11) is 0. The van der Waals surface area contributed by atoms with Crippen molar-refractivity contribution >= 4 is 37.5 Å². The maximum Gasteiger partial charge on any atom is 0.0403 e. The minimum absolute atomic E-state index is 0.272. The highest BCUT2D eigenvalue weighted by Gasteiger charge is 2.09. The third kappa shape index (κ3) is 3.81. The lowest BCUT2D eigenvalue weighted by atomic mass is 9.96. The number of hydrogen-bond acceptors (Lipinski definition) is 1. The minimum Gasteiger partial charge on any atom is -0.143 e. The van der Waals surface area contributed by atoms with Crippen LogP contribution in [0.25, 0.3) is 3.58 Å². The summed E-state index contributed by atoms with van der Waals surface area (Å²) in [6, 6.07) is 2.24. The second-order valence-electron chi connectivity index (χ2n) is 4.35. The molecule has 2 heteroatoms. The molecule has 0 aliphatic carbocycles. The quantitative estimate of drug-likeness (QED) is 0.649. The predicted octanol–water partition coefficient (Wildman–Crippen LogP) is 4.88. The van der Waals surface area contributed by atoms with Crippen molar-refractivity contribution in [2.24, 2.45) is 5.41 Å². The van der Waals surface area contributed by atoms with E-state index in [1.165, 1.54) is 14.0 Å². The first-order valence-electron chi connectivity index (χ1n) is 4.32. The molecule has 1 rings (SSSR count). The van der Waals surface area contributed by atoms with Crippen LogP contribution in [0.1, 0.15) is 31.2 Å². The fourth-order valence-corrected chi connectivity index (χ4v) is 3.29. The van der Waals surface area contributed by atoms with E-state index in [1.54, 1.807) is 0 Å². The molecule has 0 unspecified atom stereocenters. The van der Waals surface area contributed by atoms with E-state index in [0.29, 0.717) is 0 Å². The van der Waals surface area contributed by atoms with Crippen molar-refractivity contribution in [2.45, 2.75) is 27.7 Å². The van der Waals surface area contributed by atoms with Crippen molar-refractivity contribution in [3.05, 3.63) is 28.0 Å². The first-order chi connectivity index (χ1) is 5.88. The molecule has 13 heavy (non-hydrogen) atoms. The van der Waals surface area contributed by atoms with Gasteiger partial charge in [0.1, 0.15) is 0 Å². The normalized spacial score (nSPS) is 13.5. The summed E-state index contributed by atoms with van der Waals surface area (Å²) in [5.41, 5.74) is 1.63. The SMILES string of the molecule is Cc1csc(/C(I)=C/C(C)(C)C)c1. The van der Waals surface area contributed by atoms with Crippen molar-refractivity contribution in [2.75, 3.05) is 0 Å². The van der Waals surface area contributed by atoms with E-state index in [4.69, 9.17) is 0 Å². The Morgan fingerprint density at radius 3 is 2.46 bits per heavy atom. The van der Waals surface area contributed by atoms with Crippen molar-refractivity contribution in [1.82, 2.24) is 0 Å². The van der Waals surface area contributed by atoms with Gasteiger partial charge < -0.3 is 0 Å². The molecule has 0 bridgehead atoms. The summed E-state index contributed by atoms with van der Waals surface area (Å²) < 4.78 is 1.36. The highest BCUT2D eigenvalue weighted by Crippen LogP contribution is 2.32. The minimum atomic E-state index is 0.272. The van der Waals surface area contributed by atoms with Crippen molar-refractivity contribution in [1.29, 1.82) is 0 Å². The van der Waals surface area contributed by atoms with E-state index in [-0.39, 0.29) is 5.41 Å². The van der Waals surface area contributed by atoms with E-state index >= 15 is 0 Å². The zero-order valence-electron chi connectivity index (χ0n) is 8.52. The lowest BCUT2D eigenvalue weighted by Crippen LogP contribution is -1.98. The Balaban J connectivity index is 2.91. The first kappa shape index (κ1) is 11.2. The van der Waals surface area contributed by atoms with Crippen LogP contribution >= 0.6 is 33.9 Å². The maximum atomic E-state index is 2.42. The fraction of sp³-hybridized carbons (Fsp3) is 0.455. The topological polar surface area (TPSA) is 0 Å². The molecule has 1 aromatic rings. The zero-order valence-corrected chi connectivity index (χ0v) is 11.5. The third-order valence-electron chi connectivity index (χ3n) is 1.53. The Kier molecular flexibility index (Phi) is 3.57. The number of hydrogen-bond donors (Lipinski definition) is 0. The number of allylic oxidation sites excluding steroid dienone is 1. The fourth-order valence-electron chi connectivity index (χ4n) is 1.01. The van der Waals surface area contributed by atoms with Gasteiger partial charge >= 0.3 is 0 Å². The van der Waals surface area contributed by atoms with Gasteiger partial charge in [0.25, 0.3) is 0 Å². The van der Waals surface area contributed by atoms with Gasteiger partial charge in [-0.05, 0) is 51.9 Å². The second-order valence-corrected chi connectivity index (χ2v) is 6.42. The van der Waals surface area contributed by atoms with E-state index in [1.807, 2.05) is 11.3 Å². The van der Waals surface area contributed by atoms with Gasteiger partial charge in [-0.1, -0.05) is 26.8 Å². The van der Waals surface area contributed by atoms with Gasteiger partial charge in [-0.2, -0.15) is 0 Å². The molecule has 0 aromatic carbocycles. The van der Waals surface area contributed by atoms with Crippen LogP contribution in [-0.2, 0) is 0 Å². The summed E-state index contributed by atoms with van der Waals surface area (Å²) in [6.07, 6.45) is 2.32. The Morgan fingerprint density at radius 1 is 1.46 bits per heavy atom. The molecule has 0 saturated heterocycles. The van der Waals surface area contributed by atoms with E-state index in [9.17, 15) is 0 Å². The van der Waals surface area contributed by atoms with Crippen molar-refractivity contribution < 1.29 is 0 Å². The average Bonchev–Trinajstić information content (AvgIpc) is 2.31.